The molecule has 2 N–H and O–H groups in total. The molecule has 3 rings (SSSR count). The number of nitrogens with zero attached hydrogens (tertiary/aromatic N) is 1. The summed E-state index contributed by atoms with van der Waals surface area (Å²) < 4.78 is 0. The van der Waals surface area contributed by atoms with Gasteiger partial charge in [-0.1, -0.05) is 19.8 Å². The number of fused-ring (bicyclic) bond motifs is 1. The first-order valence-electron chi connectivity index (χ1n) is 8.11. The molecule has 1 saturated heterocycles. The molecule has 0 bridgehead atoms. The molecule has 1 amide bonds. The summed E-state index contributed by atoms with van der Waals surface area (Å²) in [6.45, 7) is 6.00. The topological polar surface area (TPSA) is 54.0 Å². The zero-order chi connectivity index (χ0) is 14.9. The van der Waals surface area contributed by atoms with E-state index in [9.17, 15) is 4.79 Å². The standard InChI is InChI=1S/C16H25N3OS/c1-3-14-19-13(9-21-14)11(2)18-15(20)16-7-5-4-6-12(16)8-17-10-16/h9,11-12,17H,3-8,10H2,1-2H3,(H,18,20)/t11?,12-,16+/m0/s1. The number of nitrogens with one attached hydrogen (secondary N) is 2. The fraction of sp³-hybridized carbons (Fsp3) is 0.750. The second-order valence-corrected chi connectivity index (χ2v) is 7.39. The Labute approximate surface area is 130 Å². The number of rotatable bonds is 4. The summed E-state index contributed by atoms with van der Waals surface area (Å²) in [5, 5.41) is 9.89. The van der Waals surface area contributed by atoms with Crippen molar-refractivity contribution in [1.82, 2.24) is 15.6 Å². The van der Waals surface area contributed by atoms with E-state index in [0.29, 0.717) is 5.92 Å². The molecule has 0 aromatic carbocycles. The SMILES string of the molecule is CCc1nc(C(C)NC(=O)[C@@]23CCCC[C@H]2CNC3)cs1. The normalized spacial score (nSPS) is 29.9. The average Bonchev–Trinajstić information content (AvgIpc) is 3.14. The molecule has 1 aromatic rings. The van der Waals surface area contributed by atoms with E-state index in [1.165, 1.54) is 19.3 Å². The minimum atomic E-state index is -0.171. The first-order valence-corrected chi connectivity index (χ1v) is 8.99. The summed E-state index contributed by atoms with van der Waals surface area (Å²) in [4.78, 5) is 17.5. The van der Waals surface area contributed by atoms with Crippen molar-refractivity contribution in [2.24, 2.45) is 11.3 Å². The lowest BCUT2D eigenvalue weighted by Gasteiger charge is -2.37. The van der Waals surface area contributed by atoms with Gasteiger partial charge in [-0.3, -0.25) is 4.79 Å². The number of carbonyl (C=O) groups is 1. The number of aryl methyl sites for hydroxylation is 1. The second kappa shape index (κ2) is 6.05. The third-order valence-corrected chi connectivity index (χ3v) is 6.16. The highest BCUT2D eigenvalue weighted by Gasteiger charge is 2.50. The smallest absolute Gasteiger partial charge is 0.228 e. The van der Waals surface area contributed by atoms with Crippen molar-refractivity contribution < 1.29 is 4.79 Å². The van der Waals surface area contributed by atoms with Crippen molar-refractivity contribution >= 4 is 17.2 Å². The molecule has 2 fully saturated rings. The predicted octanol–water partition coefficient (Wildman–Crippen LogP) is 2.66. The summed E-state index contributed by atoms with van der Waals surface area (Å²) in [5.74, 6) is 0.746. The molecule has 1 aromatic heterocycles. The molecule has 3 atom stereocenters. The van der Waals surface area contributed by atoms with E-state index < -0.39 is 0 Å². The highest BCUT2D eigenvalue weighted by Crippen LogP contribution is 2.44. The van der Waals surface area contributed by atoms with Gasteiger partial charge in [-0.25, -0.2) is 4.98 Å². The van der Waals surface area contributed by atoms with E-state index in [1.807, 2.05) is 6.92 Å². The molecule has 0 radical (unpaired) electrons. The summed E-state index contributed by atoms with van der Waals surface area (Å²) in [7, 11) is 0. The third kappa shape index (κ3) is 2.73. The summed E-state index contributed by atoms with van der Waals surface area (Å²) in [6, 6.07) is 0.00611. The van der Waals surface area contributed by atoms with Crippen LogP contribution in [-0.2, 0) is 11.2 Å². The maximum Gasteiger partial charge on any atom is 0.228 e. The fourth-order valence-electron chi connectivity index (χ4n) is 3.79. The maximum absolute atomic E-state index is 12.9. The molecule has 2 heterocycles. The minimum Gasteiger partial charge on any atom is -0.347 e. The Bertz CT molecular complexity index is 515. The maximum atomic E-state index is 12.9. The lowest BCUT2D eigenvalue weighted by Crippen LogP contribution is -2.48. The number of hydrogen-bond acceptors (Lipinski definition) is 4. The molecule has 116 valence electrons. The summed E-state index contributed by atoms with van der Waals surface area (Å²) in [5.41, 5.74) is 0.829. The van der Waals surface area contributed by atoms with Crippen molar-refractivity contribution in [3.63, 3.8) is 0 Å². The number of carbonyl (C=O) groups excluding carboxylic acids is 1. The van der Waals surface area contributed by atoms with Crippen LogP contribution in [0.5, 0.6) is 0 Å². The summed E-state index contributed by atoms with van der Waals surface area (Å²) in [6.07, 6.45) is 5.62. The lowest BCUT2D eigenvalue weighted by atomic mass is 9.67. The average molecular weight is 307 g/mol. The van der Waals surface area contributed by atoms with Crippen LogP contribution in [0.1, 0.15) is 56.3 Å². The molecule has 1 saturated carbocycles. The van der Waals surface area contributed by atoms with Gasteiger partial charge in [-0.05, 0) is 38.6 Å². The van der Waals surface area contributed by atoms with Crippen molar-refractivity contribution in [2.45, 2.75) is 52.0 Å². The number of hydrogen-bond donors (Lipinski definition) is 2. The molecule has 5 heteroatoms. The molecular formula is C16H25N3OS. The van der Waals surface area contributed by atoms with Crippen LogP contribution in [0.15, 0.2) is 5.38 Å². The summed E-state index contributed by atoms with van der Waals surface area (Å²) >= 11 is 1.68. The quantitative estimate of drug-likeness (QED) is 0.899. The Kier molecular flexibility index (Phi) is 4.31. The van der Waals surface area contributed by atoms with Gasteiger partial charge in [0.25, 0.3) is 0 Å². The zero-order valence-electron chi connectivity index (χ0n) is 12.9. The molecule has 1 aliphatic heterocycles. The van der Waals surface area contributed by atoms with Gasteiger partial charge in [0.2, 0.25) is 5.91 Å². The molecular weight excluding hydrogens is 282 g/mol. The van der Waals surface area contributed by atoms with Crippen LogP contribution in [0.25, 0.3) is 0 Å². The minimum absolute atomic E-state index is 0.00611. The zero-order valence-corrected chi connectivity index (χ0v) is 13.8. The van der Waals surface area contributed by atoms with Gasteiger partial charge >= 0.3 is 0 Å². The van der Waals surface area contributed by atoms with E-state index >= 15 is 0 Å². The van der Waals surface area contributed by atoms with Crippen LogP contribution in [0.3, 0.4) is 0 Å². The highest BCUT2D eigenvalue weighted by molar-refractivity contribution is 7.09. The molecule has 1 aliphatic carbocycles. The number of amides is 1. The van der Waals surface area contributed by atoms with Gasteiger partial charge in [0.1, 0.15) is 0 Å². The second-order valence-electron chi connectivity index (χ2n) is 6.44. The predicted molar refractivity (Wildman–Crippen MR) is 85.3 cm³/mol. The van der Waals surface area contributed by atoms with E-state index in [0.717, 1.165) is 36.6 Å². The molecule has 4 nitrogen and oxygen atoms in total. The Morgan fingerprint density at radius 3 is 3.24 bits per heavy atom. The largest absolute Gasteiger partial charge is 0.347 e. The molecule has 0 spiro atoms. The first-order chi connectivity index (χ1) is 10.2. The Balaban J connectivity index is 1.70. The van der Waals surface area contributed by atoms with E-state index in [2.05, 4.69) is 27.9 Å². The van der Waals surface area contributed by atoms with E-state index in [-0.39, 0.29) is 17.4 Å². The Hall–Kier alpha value is -0.940. The fourth-order valence-corrected chi connectivity index (χ4v) is 4.63. The van der Waals surface area contributed by atoms with Gasteiger partial charge in [0.15, 0.2) is 0 Å². The van der Waals surface area contributed by atoms with Gasteiger partial charge < -0.3 is 10.6 Å². The highest BCUT2D eigenvalue weighted by atomic mass is 32.1. The van der Waals surface area contributed by atoms with Crippen molar-refractivity contribution in [3.8, 4) is 0 Å². The Morgan fingerprint density at radius 2 is 2.48 bits per heavy atom. The Morgan fingerprint density at radius 1 is 1.62 bits per heavy atom. The van der Waals surface area contributed by atoms with Crippen molar-refractivity contribution in [1.29, 1.82) is 0 Å². The van der Waals surface area contributed by atoms with Crippen LogP contribution in [0, 0.1) is 11.3 Å². The van der Waals surface area contributed by atoms with E-state index in [1.54, 1.807) is 11.3 Å². The molecule has 2 aliphatic rings. The van der Waals surface area contributed by atoms with E-state index in [4.69, 9.17) is 0 Å². The molecule has 1 unspecified atom stereocenters. The van der Waals surface area contributed by atoms with Crippen LogP contribution in [0.4, 0.5) is 0 Å². The van der Waals surface area contributed by atoms with Gasteiger partial charge in [-0.15, -0.1) is 11.3 Å². The first kappa shape index (κ1) is 15.0. The van der Waals surface area contributed by atoms with Crippen molar-refractivity contribution in [2.75, 3.05) is 13.1 Å². The van der Waals surface area contributed by atoms with Gasteiger partial charge in [0.05, 0.1) is 22.2 Å². The van der Waals surface area contributed by atoms with Crippen LogP contribution in [-0.4, -0.2) is 24.0 Å². The van der Waals surface area contributed by atoms with Crippen LogP contribution < -0.4 is 10.6 Å². The molecule has 21 heavy (non-hydrogen) atoms. The van der Waals surface area contributed by atoms with Gasteiger partial charge in [-0.2, -0.15) is 0 Å². The monoisotopic (exact) mass is 307 g/mol. The van der Waals surface area contributed by atoms with Crippen LogP contribution in [0.2, 0.25) is 0 Å². The third-order valence-electron chi connectivity index (χ3n) is 5.15. The van der Waals surface area contributed by atoms with Crippen LogP contribution >= 0.6 is 11.3 Å². The lowest BCUT2D eigenvalue weighted by molar-refractivity contribution is -0.134. The van der Waals surface area contributed by atoms with Gasteiger partial charge in [0, 0.05) is 11.9 Å². The van der Waals surface area contributed by atoms with Crippen molar-refractivity contribution in [3.05, 3.63) is 16.1 Å². The number of thiazole rings is 1. The number of aromatic nitrogens is 1.